The molecule has 0 aliphatic heterocycles. The van der Waals surface area contributed by atoms with Gasteiger partial charge in [0.2, 0.25) is 0 Å². The fraction of sp³-hybridized carbons (Fsp3) is 0.182. The second-order valence-electron chi connectivity index (χ2n) is 6.51. The van der Waals surface area contributed by atoms with Gasteiger partial charge in [-0.3, -0.25) is 14.3 Å². The summed E-state index contributed by atoms with van der Waals surface area (Å²) >= 11 is 0. The number of esters is 1. The Kier molecular flexibility index (Phi) is 5.87. The zero-order chi connectivity index (χ0) is 21.0. The van der Waals surface area contributed by atoms with Crippen LogP contribution >= 0.6 is 0 Å². The number of ketones is 1. The Morgan fingerprint density at radius 1 is 1.21 bits per heavy atom. The van der Waals surface area contributed by atoms with Gasteiger partial charge in [0, 0.05) is 32.0 Å². The van der Waals surface area contributed by atoms with E-state index in [9.17, 15) is 9.59 Å². The van der Waals surface area contributed by atoms with Crippen molar-refractivity contribution in [2.45, 2.75) is 13.3 Å². The Morgan fingerprint density at radius 3 is 2.72 bits per heavy atom. The molecule has 0 fully saturated rings. The zero-order valence-electron chi connectivity index (χ0n) is 16.4. The number of hydrogen-bond acceptors (Lipinski definition) is 6. The molecule has 0 unspecified atom stereocenters. The lowest BCUT2D eigenvalue weighted by Gasteiger charge is -2.08. The molecule has 0 radical (unpaired) electrons. The number of methoxy groups -OCH3 is 1. The van der Waals surface area contributed by atoms with Crippen LogP contribution in [0.2, 0.25) is 0 Å². The van der Waals surface area contributed by atoms with Crippen LogP contribution in [0.15, 0.2) is 48.7 Å². The van der Waals surface area contributed by atoms with Gasteiger partial charge in [0.25, 0.3) is 0 Å². The zero-order valence-corrected chi connectivity index (χ0v) is 16.4. The summed E-state index contributed by atoms with van der Waals surface area (Å²) in [6.07, 6.45) is 5.00. The van der Waals surface area contributed by atoms with Crippen molar-refractivity contribution in [1.82, 2.24) is 9.78 Å². The fourth-order valence-corrected chi connectivity index (χ4v) is 2.95. The van der Waals surface area contributed by atoms with Gasteiger partial charge in [-0.2, -0.15) is 5.10 Å². The Bertz CT molecular complexity index is 1130. The van der Waals surface area contributed by atoms with E-state index in [1.807, 2.05) is 31.4 Å². The van der Waals surface area contributed by atoms with Crippen molar-refractivity contribution in [2.75, 3.05) is 7.11 Å². The van der Waals surface area contributed by atoms with Gasteiger partial charge < -0.3 is 14.9 Å². The number of allylic oxidation sites excluding steroid dienone is 1. The lowest BCUT2D eigenvalue weighted by molar-refractivity contribution is -0.132. The van der Waals surface area contributed by atoms with Crippen molar-refractivity contribution < 1.29 is 19.1 Å². The molecule has 3 rings (SSSR count). The number of carbonyl (C=O) groups excluding carboxylic acids is 2. The summed E-state index contributed by atoms with van der Waals surface area (Å²) < 4.78 is 12.0. The predicted molar refractivity (Wildman–Crippen MR) is 110 cm³/mol. The van der Waals surface area contributed by atoms with Crippen molar-refractivity contribution in [1.29, 1.82) is 5.41 Å². The van der Waals surface area contributed by atoms with Crippen LogP contribution in [0.1, 0.15) is 18.1 Å². The maximum atomic E-state index is 12.4. The smallest absolute Gasteiger partial charge is 0.308 e. The SMILES string of the molecule is COc1ccc(C=CC(=O)C(=N)Cc2cccc3cn(C)nc23)cc1OC(C)=O. The van der Waals surface area contributed by atoms with Crippen LogP contribution in [0.4, 0.5) is 0 Å². The molecular weight excluding hydrogens is 370 g/mol. The number of nitrogens with one attached hydrogen (secondary N) is 1. The minimum atomic E-state index is -0.467. The highest BCUT2D eigenvalue weighted by molar-refractivity contribution is 6.44. The normalized spacial score (nSPS) is 11.0. The van der Waals surface area contributed by atoms with Gasteiger partial charge in [-0.15, -0.1) is 0 Å². The molecule has 1 aromatic heterocycles. The molecule has 0 spiro atoms. The highest BCUT2D eigenvalue weighted by Gasteiger charge is 2.12. The third-order valence-electron chi connectivity index (χ3n) is 4.27. The van der Waals surface area contributed by atoms with Gasteiger partial charge in [-0.25, -0.2) is 0 Å². The molecule has 0 bridgehead atoms. The summed E-state index contributed by atoms with van der Waals surface area (Å²) in [4.78, 5) is 23.6. The first-order chi connectivity index (χ1) is 13.9. The number of ether oxygens (including phenoxy) is 2. The monoisotopic (exact) mass is 391 g/mol. The molecule has 7 nitrogen and oxygen atoms in total. The van der Waals surface area contributed by atoms with E-state index in [4.69, 9.17) is 14.9 Å². The summed E-state index contributed by atoms with van der Waals surface area (Å²) in [6.45, 7) is 1.30. The summed E-state index contributed by atoms with van der Waals surface area (Å²) in [7, 11) is 3.31. The number of benzene rings is 2. The molecule has 1 N–H and O–H groups in total. The molecule has 0 atom stereocenters. The van der Waals surface area contributed by atoms with Crippen LogP contribution < -0.4 is 9.47 Å². The number of aromatic nitrogens is 2. The van der Waals surface area contributed by atoms with Crippen LogP contribution in [0.25, 0.3) is 17.0 Å². The van der Waals surface area contributed by atoms with E-state index in [-0.39, 0.29) is 17.9 Å². The number of fused-ring (bicyclic) bond motifs is 1. The molecule has 2 aromatic carbocycles. The third-order valence-corrected chi connectivity index (χ3v) is 4.27. The van der Waals surface area contributed by atoms with Crippen LogP contribution in [0, 0.1) is 5.41 Å². The maximum absolute atomic E-state index is 12.4. The van der Waals surface area contributed by atoms with Crippen LogP contribution in [-0.4, -0.2) is 34.4 Å². The molecule has 148 valence electrons. The largest absolute Gasteiger partial charge is 0.493 e. The quantitative estimate of drug-likeness (QED) is 0.288. The molecule has 0 saturated heterocycles. The van der Waals surface area contributed by atoms with Crippen LogP contribution in [0.3, 0.4) is 0 Å². The first-order valence-electron chi connectivity index (χ1n) is 8.95. The Labute approximate surface area is 168 Å². The van der Waals surface area contributed by atoms with E-state index in [0.29, 0.717) is 11.3 Å². The predicted octanol–water partition coefficient (Wildman–Crippen LogP) is 3.35. The number of carbonyl (C=O) groups is 2. The average molecular weight is 391 g/mol. The number of aryl methyl sites for hydroxylation is 1. The minimum absolute atomic E-state index is 0.0341. The molecule has 0 amide bonds. The second-order valence-corrected chi connectivity index (χ2v) is 6.51. The highest BCUT2D eigenvalue weighted by Crippen LogP contribution is 2.28. The Morgan fingerprint density at radius 2 is 2.00 bits per heavy atom. The summed E-state index contributed by atoms with van der Waals surface area (Å²) in [5.74, 6) is -0.180. The van der Waals surface area contributed by atoms with E-state index in [1.54, 1.807) is 29.0 Å². The number of rotatable bonds is 7. The van der Waals surface area contributed by atoms with Crippen LogP contribution in [-0.2, 0) is 23.1 Å². The van der Waals surface area contributed by atoms with Gasteiger partial charge in [0.05, 0.1) is 18.3 Å². The lowest BCUT2D eigenvalue weighted by atomic mass is 10.0. The molecular formula is C22H21N3O4. The van der Waals surface area contributed by atoms with Crippen LogP contribution in [0.5, 0.6) is 11.5 Å². The highest BCUT2D eigenvalue weighted by atomic mass is 16.6. The summed E-state index contributed by atoms with van der Waals surface area (Å²) in [5.41, 5.74) is 2.23. The van der Waals surface area contributed by atoms with Gasteiger partial charge in [0.15, 0.2) is 17.3 Å². The van der Waals surface area contributed by atoms with E-state index in [2.05, 4.69) is 5.10 Å². The van der Waals surface area contributed by atoms with Crippen molar-refractivity contribution in [3.05, 3.63) is 59.8 Å². The molecule has 29 heavy (non-hydrogen) atoms. The van der Waals surface area contributed by atoms with Gasteiger partial charge >= 0.3 is 5.97 Å². The van der Waals surface area contributed by atoms with E-state index in [0.717, 1.165) is 16.5 Å². The molecule has 1 heterocycles. The molecule has 3 aromatic rings. The fourth-order valence-electron chi connectivity index (χ4n) is 2.95. The van der Waals surface area contributed by atoms with Crippen molar-refractivity contribution >= 4 is 34.4 Å². The summed E-state index contributed by atoms with van der Waals surface area (Å²) in [6, 6.07) is 10.7. The van der Waals surface area contributed by atoms with Gasteiger partial charge in [0.1, 0.15) is 0 Å². The maximum Gasteiger partial charge on any atom is 0.308 e. The Balaban J connectivity index is 1.74. The second kappa shape index (κ2) is 8.52. The van der Waals surface area contributed by atoms with Crippen molar-refractivity contribution in [3.63, 3.8) is 0 Å². The first kappa shape index (κ1) is 20.0. The number of hydrogen-bond donors (Lipinski definition) is 1. The summed E-state index contributed by atoms with van der Waals surface area (Å²) in [5, 5.41) is 13.5. The lowest BCUT2D eigenvalue weighted by Crippen LogP contribution is -2.13. The van der Waals surface area contributed by atoms with Gasteiger partial charge in [-0.05, 0) is 29.3 Å². The van der Waals surface area contributed by atoms with E-state index >= 15 is 0 Å². The minimum Gasteiger partial charge on any atom is -0.493 e. The van der Waals surface area contributed by atoms with Crippen molar-refractivity contribution in [2.24, 2.45) is 7.05 Å². The average Bonchev–Trinajstić information content (AvgIpc) is 3.07. The van der Waals surface area contributed by atoms with E-state index < -0.39 is 11.8 Å². The first-order valence-corrected chi connectivity index (χ1v) is 8.95. The number of nitrogens with zero attached hydrogens (tertiary/aromatic N) is 2. The third kappa shape index (κ3) is 4.76. The molecule has 0 aliphatic carbocycles. The van der Waals surface area contributed by atoms with Crippen molar-refractivity contribution in [3.8, 4) is 11.5 Å². The Hall–Kier alpha value is -3.74. The van der Waals surface area contributed by atoms with Gasteiger partial charge in [-0.1, -0.05) is 30.3 Å². The van der Waals surface area contributed by atoms with E-state index in [1.165, 1.54) is 20.1 Å². The molecule has 7 heteroatoms. The molecule has 0 aliphatic rings. The topological polar surface area (TPSA) is 94.3 Å². The standard InChI is InChI=1S/C22H21N3O4/c1-14(26)29-21-11-15(8-10-20(21)28-3)7-9-19(27)18(23)12-16-5-4-6-17-13-25(2)24-22(16)17/h4-11,13,23H,12H2,1-3H3. The molecule has 0 saturated carbocycles.